The number of thiazole rings is 1. The Kier molecular flexibility index (Phi) is 2.25. The van der Waals surface area contributed by atoms with Gasteiger partial charge in [0.25, 0.3) is 0 Å². The number of ether oxygens (including phenoxy) is 1. The first kappa shape index (κ1) is 9.59. The fraction of sp³-hybridized carbons (Fsp3) is 0.273. The highest BCUT2D eigenvalue weighted by atomic mass is 32.1. The Hall–Kier alpha value is -1.62. The minimum absolute atomic E-state index is 0.320. The quantitative estimate of drug-likeness (QED) is 0.883. The molecule has 1 fully saturated rings. The van der Waals surface area contributed by atoms with Gasteiger partial charge in [0.2, 0.25) is 5.88 Å². The molecule has 0 bridgehead atoms. The second-order valence-electron chi connectivity index (χ2n) is 3.77. The summed E-state index contributed by atoms with van der Waals surface area (Å²) in [7, 11) is 0. The SMILES string of the molecule is Nc1cc(-c2nccs2)cnc1OC1CC1. The van der Waals surface area contributed by atoms with E-state index in [1.807, 2.05) is 11.4 Å². The largest absolute Gasteiger partial charge is 0.473 e. The molecule has 0 amide bonds. The summed E-state index contributed by atoms with van der Waals surface area (Å²) in [6.45, 7) is 0. The molecule has 16 heavy (non-hydrogen) atoms. The molecule has 4 nitrogen and oxygen atoms in total. The van der Waals surface area contributed by atoms with Crippen molar-refractivity contribution in [2.75, 3.05) is 5.73 Å². The molecule has 2 aromatic heterocycles. The third-order valence-corrected chi connectivity index (χ3v) is 3.18. The van der Waals surface area contributed by atoms with Crippen LogP contribution in [0.2, 0.25) is 0 Å². The zero-order valence-electron chi connectivity index (χ0n) is 8.59. The van der Waals surface area contributed by atoms with Gasteiger partial charge in [-0.1, -0.05) is 0 Å². The van der Waals surface area contributed by atoms with E-state index in [-0.39, 0.29) is 0 Å². The maximum atomic E-state index is 5.89. The Bertz CT molecular complexity index is 494. The van der Waals surface area contributed by atoms with Gasteiger partial charge in [-0.25, -0.2) is 9.97 Å². The van der Waals surface area contributed by atoms with Gasteiger partial charge in [-0.15, -0.1) is 11.3 Å². The van der Waals surface area contributed by atoms with E-state index in [9.17, 15) is 0 Å². The first-order valence-corrected chi connectivity index (χ1v) is 6.03. The normalized spacial score (nSPS) is 15.0. The van der Waals surface area contributed by atoms with Crippen molar-refractivity contribution in [3.63, 3.8) is 0 Å². The molecule has 0 spiro atoms. The number of rotatable bonds is 3. The lowest BCUT2D eigenvalue weighted by Gasteiger charge is -2.06. The Morgan fingerprint density at radius 3 is 2.88 bits per heavy atom. The number of nitrogens with two attached hydrogens (primary N) is 1. The highest BCUT2D eigenvalue weighted by molar-refractivity contribution is 7.13. The van der Waals surface area contributed by atoms with Gasteiger partial charge in [0.05, 0.1) is 5.69 Å². The molecule has 1 saturated carbocycles. The van der Waals surface area contributed by atoms with E-state index < -0.39 is 0 Å². The molecule has 2 N–H and O–H groups in total. The van der Waals surface area contributed by atoms with Gasteiger partial charge in [-0.3, -0.25) is 0 Å². The number of nitrogens with zero attached hydrogens (tertiary/aromatic N) is 2. The minimum atomic E-state index is 0.320. The molecule has 0 unspecified atom stereocenters. The third-order valence-electron chi connectivity index (χ3n) is 2.36. The number of aromatic nitrogens is 2. The molecule has 2 heterocycles. The number of pyridine rings is 1. The highest BCUT2D eigenvalue weighted by Gasteiger charge is 2.25. The van der Waals surface area contributed by atoms with Crippen LogP contribution in [-0.2, 0) is 0 Å². The number of nitrogen functional groups attached to an aromatic ring is 1. The van der Waals surface area contributed by atoms with E-state index in [1.54, 1.807) is 23.7 Å². The maximum absolute atomic E-state index is 5.89. The molecule has 3 rings (SSSR count). The average Bonchev–Trinajstić information content (AvgIpc) is 2.94. The zero-order chi connectivity index (χ0) is 11.0. The van der Waals surface area contributed by atoms with Crippen molar-refractivity contribution < 1.29 is 4.74 Å². The van der Waals surface area contributed by atoms with Gasteiger partial charge in [0.1, 0.15) is 11.1 Å². The Balaban J connectivity index is 1.89. The third kappa shape index (κ3) is 1.86. The lowest BCUT2D eigenvalue weighted by Crippen LogP contribution is -2.02. The van der Waals surface area contributed by atoms with E-state index in [0.29, 0.717) is 17.7 Å². The molecule has 0 saturated heterocycles. The highest BCUT2D eigenvalue weighted by Crippen LogP contribution is 2.31. The molecule has 0 atom stereocenters. The van der Waals surface area contributed by atoms with Crippen molar-refractivity contribution >= 4 is 17.0 Å². The molecular formula is C11H11N3OS. The van der Waals surface area contributed by atoms with Crippen LogP contribution < -0.4 is 10.5 Å². The Labute approximate surface area is 97.1 Å². The molecule has 0 aromatic carbocycles. The predicted molar refractivity (Wildman–Crippen MR) is 63.4 cm³/mol. The van der Waals surface area contributed by atoms with Crippen LogP contribution in [0.1, 0.15) is 12.8 Å². The summed E-state index contributed by atoms with van der Waals surface area (Å²) in [6, 6.07) is 1.86. The van der Waals surface area contributed by atoms with Crippen LogP contribution in [0.5, 0.6) is 5.88 Å². The molecule has 5 heteroatoms. The van der Waals surface area contributed by atoms with Crippen molar-refractivity contribution in [3.8, 4) is 16.5 Å². The van der Waals surface area contributed by atoms with E-state index in [1.165, 1.54) is 0 Å². The number of anilines is 1. The summed E-state index contributed by atoms with van der Waals surface area (Å²) >= 11 is 1.57. The summed E-state index contributed by atoms with van der Waals surface area (Å²) in [6.07, 6.45) is 6.06. The van der Waals surface area contributed by atoms with Gasteiger partial charge >= 0.3 is 0 Å². The van der Waals surface area contributed by atoms with Gasteiger partial charge in [-0.05, 0) is 18.9 Å². The predicted octanol–water partition coefficient (Wildman–Crippen LogP) is 2.33. The lowest BCUT2D eigenvalue weighted by atomic mass is 10.3. The van der Waals surface area contributed by atoms with Crippen molar-refractivity contribution in [3.05, 3.63) is 23.8 Å². The fourth-order valence-corrected chi connectivity index (χ4v) is 2.01. The van der Waals surface area contributed by atoms with Crippen molar-refractivity contribution in [1.82, 2.24) is 9.97 Å². The first-order chi connectivity index (χ1) is 7.83. The molecule has 2 aromatic rings. The van der Waals surface area contributed by atoms with Crippen LogP contribution in [0.15, 0.2) is 23.8 Å². The van der Waals surface area contributed by atoms with E-state index >= 15 is 0 Å². The first-order valence-electron chi connectivity index (χ1n) is 5.15. The Morgan fingerprint density at radius 1 is 1.38 bits per heavy atom. The van der Waals surface area contributed by atoms with Crippen molar-refractivity contribution in [2.24, 2.45) is 0 Å². The van der Waals surface area contributed by atoms with Crippen LogP contribution in [0.4, 0.5) is 5.69 Å². The monoisotopic (exact) mass is 233 g/mol. The summed E-state index contributed by atoms with van der Waals surface area (Å²) in [5.41, 5.74) is 7.42. The molecule has 82 valence electrons. The summed E-state index contributed by atoms with van der Waals surface area (Å²) < 4.78 is 5.58. The van der Waals surface area contributed by atoms with Crippen LogP contribution in [0.25, 0.3) is 10.6 Å². The second kappa shape index (κ2) is 3.75. The molecule has 1 aliphatic carbocycles. The average molecular weight is 233 g/mol. The van der Waals surface area contributed by atoms with Crippen LogP contribution in [0, 0.1) is 0 Å². The van der Waals surface area contributed by atoms with E-state index in [0.717, 1.165) is 23.4 Å². The number of hydrogen-bond acceptors (Lipinski definition) is 5. The second-order valence-corrected chi connectivity index (χ2v) is 4.67. The van der Waals surface area contributed by atoms with Gasteiger partial charge in [0.15, 0.2) is 0 Å². The molecular weight excluding hydrogens is 222 g/mol. The zero-order valence-corrected chi connectivity index (χ0v) is 9.41. The van der Waals surface area contributed by atoms with Gasteiger partial charge < -0.3 is 10.5 Å². The van der Waals surface area contributed by atoms with E-state index in [2.05, 4.69) is 9.97 Å². The summed E-state index contributed by atoms with van der Waals surface area (Å²) in [5.74, 6) is 0.544. The standard InChI is InChI=1S/C11H11N3OS/c12-9-5-7(11-13-3-4-16-11)6-14-10(9)15-8-1-2-8/h3-6,8H,1-2,12H2. The van der Waals surface area contributed by atoms with Gasteiger partial charge in [-0.2, -0.15) is 0 Å². The molecule has 0 aliphatic heterocycles. The summed E-state index contributed by atoms with van der Waals surface area (Å²) in [5, 5.41) is 2.86. The van der Waals surface area contributed by atoms with Gasteiger partial charge in [0, 0.05) is 23.3 Å². The van der Waals surface area contributed by atoms with Crippen LogP contribution in [0.3, 0.4) is 0 Å². The van der Waals surface area contributed by atoms with Crippen molar-refractivity contribution in [2.45, 2.75) is 18.9 Å². The van der Waals surface area contributed by atoms with Crippen LogP contribution >= 0.6 is 11.3 Å². The summed E-state index contributed by atoms with van der Waals surface area (Å²) in [4.78, 5) is 8.45. The fourth-order valence-electron chi connectivity index (χ4n) is 1.39. The topological polar surface area (TPSA) is 61.0 Å². The molecule has 0 radical (unpaired) electrons. The molecule has 1 aliphatic rings. The Morgan fingerprint density at radius 2 is 2.25 bits per heavy atom. The smallest absolute Gasteiger partial charge is 0.237 e. The number of hydrogen-bond donors (Lipinski definition) is 1. The van der Waals surface area contributed by atoms with Crippen LogP contribution in [-0.4, -0.2) is 16.1 Å². The van der Waals surface area contributed by atoms with E-state index in [4.69, 9.17) is 10.5 Å². The minimum Gasteiger partial charge on any atom is -0.473 e. The maximum Gasteiger partial charge on any atom is 0.237 e. The van der Waals surface area contributed by atoms with Crippen molar-refractivity contribution in [1.29, 1.82) is 0 Å². The lowest BCUT2D eigenvalue weighted by molar-refractivity contribution is 0.293.